The third kappa shape index (κ3) is 5.33. The quantitative estimate of drug-likeness (QED) is 0.555. The molecule has 184 valence electrons. The third-order valence-corrected chi connectivity index (χ3v) is 5.99. The summed E-state index contributed by atoms with van der Waals surface area (Å²) in [5.41, 5.74) is 0.742. The molecule has 0 unspecified atom stereocenters. The summed E-state index contributed by atoms with van der Waals surface area (Å²) in [5.74, 6) is -2.94. The maximum absolute atomic E-state index is 14.8. The summed E-state index contributed by atoms with van der Waals surface area (Å²) in [6.07, 6.45) is -0.339. The van der Waals surface area contributed by atoms with Crippen molar-refractivity contribution < 1.29 is 22.8 Å². The molecule has 0 spiro atoms. The molecule has 0 radical (unpaired) electrons. The first-order chi connectivity index (χ1) is 16.7. The van der Waals surface area contributed by atoms with Crippen LogP contribution >= 0.6 is 0 Å². The Bertz CT molecular complexity index is 1170. The molecule has 1 aliphatic rings. The number of halogens is 3. The number of hydrogen-bond donors (Lipinski definition) is 1. The topological polar surface area (TPSA) is 93.0 Å². The van der Waals surface area contributed by atoms with E-state index in [1.807, 2.05) is 0 Å². The maximum Gasteiger partial charge on any atom is 0.245 e. The Labute approximate surface area is 200 Å². The fourth-order valence-corrected chi connectivity index (χ4v) is 4.36. The van der Waals surface area contributed by atoms with Gasteiger partial charge in [0, 0.05) is 12.0 Å². The second-order valence-electron chi connectivity index (χ2n) is 8.81. The average Bonchev–Trinajstić information content (AvgIpc) is 3.46. The zero-order chi connectivity index (χ0) is 25.1. The number of nitrogens with one attached hydrogen (secondary N) is 1. The highest BCUT2D eigenvalue weighted by molar-refractivity contribution is 5.88. The van der Waals surface area contributed by atoms with Gasteiger partial charge in [0.25, 0.3) is 0 Å². The lowest BCUT2D eigenvalue weighted by Gasteiger charge is -2.27. The number of rotatable bonds is 7. The number of carbonyl (C=O) groups excluding carboxylic acids is 2. The largest absolute Gasteiger partial charge is 0.343 e. The van der Waals surface area contributed by atoms with Gasteiger partial charge >= 0.3 is 0 Å². The molecule has 0 saturated carbocycles. The molecule has 11 heteroatoms. The molecule has 4 rings (SSSR count). The molecular weight excluding hydrogens is 461 g/mol. The van der Waals surface area contributed by atoms with Crippen LogP contribution in [0, 0.1) is 11.6 Å². The van der Waals surface area contributed by atoms with Crippen LogP contribution in [0.3, 0.4) is 0 Å². The van der Waals surface area contributed by atoms with E-state index >= 15 is 0 Å². The van der Waals surface area contributed by atoms with E-state index < -0.39 is 41.7 Å². The first-order valence-corrected chi connectivity index (χ1v) is 11.2. The van der Waals surface area contributed by atoms with Crippen LogP contribution in [0.25, 0.3) is 0 Å². The van der Waals surface area contributed by atoms with Gasteiger partial charge in [-0.05, 0) is 39.6 Å². The SMILES string of the molecule is CC(C)c1c(F)cc([C@@H](NC(=O)[C@@H]2C[C@@H](F)CN2C(=O)Cn2cnnn2)c2ccccc2)cc1F. The maximum atomic E-state index is 14.8. The molecule has 1 fully saturated rings. The molecule has 2 heterocycles. The van der Waals surface area contributed by atoms with Gasteiger partial charge in [-0.1, -0.05) is 44.2 Å². The van der Waals surface area contributed by atoms with Crippen LogP contribution in [0.1, 0.15) is 48.9 Å². The van der Waals surface area contributed by atoms with Gasteiger partial charge in [-0.3, -0.25) is 9.59 Å². The zero-order valence-corrected chi connectivity index (χ0v) is 19.2. The van der Waals surface area contributed by atoms with Crippen molar-refractivity contribution in [3.05, 3.63) is 77.1 Å². The van der Waals surface area contributed by atoms with E-state index in [1.165, 1.54) is 23.1 Å². The minimum Gasteiger partial charge on any atom is -0.343 e. The van der Waals surface area contributed by atoms with Gasteiger partial charge in [-0.2, -0.15) is 0 Å². The van der Waals surface area contributed by atoms with E-state index in [9.17, 15) is 22.8 Å². The van der Waals surface area contributed by atoms with Crippen LogP contribution in [0.2, 0.25) is 0 Å². The number of carbonyl (C=O) groups is 2. The molecule has 3 aromatic rings. The lowest BCUT2D eigenvalue weighted by atomic mass is 9.93. The van der Waals surface area contributed by atoms with Crippen molar-refractivity contribution in [2.24, 2.45) is 0 Å². The minimum atomic E-state index is -1.39. The van der Waals surface area contributed by atoms with Gasteiger partial charge in [0.1, 0.15) is 36.7 Å². The van der Waals surface area contributed by atoms with Crippen LogP contribution in [0.15, 0.2) is 48.8 Å². The number of nitrogens with zero attached hydrogens (tertiary/aromatic N) is 5. The van der Waals surface area contributed by atoms with E-state index in [1.54, 1.807) is 44.2 Å². The van der Waals surface area contributed by atoms with Crippen molar-refractivity contribution in [1.82, 2.24) is 30.4 Å². The highest BCUT2D eigenvalue weighted by Gasteiger charge is 2.40. The first-order valence-electron chi connectivity index (χ1n) is 11.2. The molecule has 0 aliphatic carbocycles. The molecule has 1 aliphatic heterocycles. The number of benzene rings is 2. The highest BCUT2D eigenvalue weighted by atomic mass is 19.1. The normalized spacial score (nSPS) is 18.6. The van der Waals surface area contributed by atoms with E-state index in [2.05, 4.69) is 20.8 Å². The first kappa shape index (κ1) is 24.4. The Morgan fingerprint density at radius 1 is 1.11 bits per heavy atom. The molecule has 1 N–H and O–H groups in total. The molecule has 2 amide bonds. The molecular formula is C24H25F3N6O2. The molecule has 1 aromatic heterocycles. The smallest absolute Gasteiger partial charge is 0.245 e. The summed E-state index contributed by atoms with van der Waals surface area (Å²) in [5, 5.41) is 13.3. The standard InChI is InChI=1S/C24H25F3N6O2/c1-14(2)22-18(26)8-16(9-19(22)27)23(15-6-4-3-5-7-15)29-24(35)20-10-17(25)11-33(20)21(34)12-32-13-28-30-31-32/h3-9,13-14,17,20,23H,10-12H2,1-2H3,(H,29,35)/t17-,20+,23+/m1/s1. The monoisotopic (exact) mass is 486 g/mol. The molecule has 0 bridgehead atoms. The lowest BCUT2D eigenvalue weighted by Crippen LogP contribution is -2.48. The van der Waals surface area contributed by atoms with E-state index in [4.69, 9.17) is 0 Å². The number of hydrogen-bond acceptors (Lipinski definition) is 5. The van der Waals surface area contributed by atoms with Crippen LogP contribution < -0.4 is 5.32 Å². The number of aromatic nitrogens is 4. The van der Waals surface area contributed by atoms with E-state index in [0.29, 0.717) is 5.56 Å². The minimum absolute atomic E-state index is 0.0395. The zero-order valence-electron chi connectivity index (χ0n) is 19.2. The fraction of sp³-hybridized carbons (Fsp3) is 0.375. The summed E-state index contributed by atoms with van der Waals surface area (Å²) >= 11 is 0. The molecule has 2 aromatic carbocycles. The second kappa shape index (κ2) is 10.2. The molecule has 3 atom stereocenters. The summed E-state index contributed by atoms with van der Waals surface area (Å²) in [6, 6.07) is 9.06. The van der Waals surface area contributed by atoms with Crippen molar-refractivity contribution in [2.75, 3.05) is 6.54 Å². The summed E-state index contributed by atoms with van der Waals surface area (Å²) in [6.45, 7) is 2.87. The average molecular weight is 486 g/mol. The van der Waals surface area contributed by atoms with Crippen molar-refractivity contribution in [2.45, 2.75) is 51.0 Å². The molecule has 8 nitrogen and oxygen atoms in total. The highest BCUT2D eigenvalue weighted by Crippen LogP contribution is 2.30. The fourth-order valence-electron chi connectivity index (χ4n) is 4.36. The molecule has 1 saturated heterocycles. The van der Waals surface area contributed by atoms with Crippen molar-refractivity contribution in [3.8, 4) is 0 Å². The van der Waals surface area contributed by atoms with Crippen molar-refractivity contribution in [3.63, 3.8) is 0 Å². The number of tetrazole rings is 1. The predicted molar refractivity (Wildman–Crippen MR) is 120 cm³/mol. The van der Waals surface area contributed by atoms with Gasteiger partial charge < -0.3 is 10.2 Å². The van der Waals surface area contributed by atoms with Crippen LogP contribution in [0.4, 0.5) is 13.2 Å². The molecule has 35 heavy (non-hydrogen) atoms. The summed E-state index contributed by atoms with van der Waals surface area (Å²) < 4.78 is 45.1. The summed E-state index contributed by atoms with van der Waals surface area (Å²) in [4.78, 5) is 27.2. The van der Waals surface area contributed by atoms with E-state index in [-0.39, 0.29) is 36.6 Å². The van der Waals surface area contributed by atoms with Crippen LogP contribution in [-0.4, -0.2) is 55.7 Å². The lowest BCUT2D eigenvalue weighted by molar-refractivity contribution is -0.139. The Morgan fingerprint density at radius 3 is 2.40 bits per heavy atom. The predicted octanol–water partition coefficient (Wildman–Crippen LogP) is 2.92. The van der Waals surface area contributed by atoms with Crippen LogP contribution in [-0.2, 0) is 16.1 Å². The van der Waals surface area contributed by atoms with E-state index in [0.717, 1.165) is 4.90 Å². The number of likely N-dealkylation sites (tertiary alicyclic amines) is 1. The Hall–Kier alpha value is -3.76. The van der Waals surface area contributed by atoms with Gasteiger partial charge in [-0.25, -0.2) is 17.9 Å². The van der Waals surface area contributed by atoms with Crippen LogP contribution in [0.5, 0.6) is 0 Å². The van der Waals surface area contributed by atoms with Crippen molar-refractivity contribution in [1.29, 1.82) is 0 Å². The third-order valence-electron chi connectivity index (χ3n) is 5.99. The van der Waals surface area contributed by atoms with Gasteiger partial charge in [0.2, 0.25) is 11.8 Å². The number of alkyl halides is 1. The van der Waals surface area contributed by atoms with Gasteiger partial charge in [-0.15, -0.1) is 5.10 Å². The Balaban J connectivity index is 1.62. The summed E-state index contributed by atoms with van der Waals surface area (Å²) in [7, 11) is 0. The Kier molecular flexibility index (Phi) is 7.13. The second-order valence-corrected chi connectivity index (χ2v) is 8.81. The van der Waals surface area contributed by atoms with Crippen molar-refractivity contribution >= 4 is 11.8 Å². The Morgan fingerprint density at radius 2 is 1.80 bits per heavy atom. The van der Waals surface area contributed by atoms with Gasteiger partial charge in [0.05, 0.1) is 12.6 Å². The van der Waals surface area contributed by atoms with Gasteiger partial charge in [0.15, 0.2) is 0 Å². The number of amides is 2.